The minimum Gasteiger partial charge on any atom is -0.462 e. The van der Waals surface area contributed by atoms with Crippen molar-refractivity contribution in [3.63, 3.8) is 0 Å². The van der Waals surface area contributed by atoms with Gasteiger partial charge in [-0.1, -0.05) is 407 Å². The number of unbranched alkanes of at least 4 members (excludes halogenated alkanes) is 57. The fourth-order valence-corrected chi connectivity index (χ4v) is 14.9. The molecule has 17 nitrogen and oxygen atoms in total. The van der Waals surface area contributed by atoms with Crippen LogP contribution in [0.2, 0.25) is 0 Å². The van der Waals surface area contributed by atoms with E-state index >= 15 is 0 Å². The number of esters is 4. The topological polar surface area (TPSA) is 237 Å². The lowest BCUT2D eigenvalue weighted by atomic mass is 10.0. The van der Waals surface area contributed by atoms with Crippen molar-refractivity contribution in [2.75, 3.05) is 39.6 Å². The highest BCUT2D eigenvalue weighted by Gasteiger charge is 2.30. The van der Waals surface area contributed by atoms with Crippen LogP contribution in [-0.4, -0.2) is 96.7 Å². The fourth-order valence-electron chi connectivity index (χ4n) is 13.3. The number of phosphoric ester groups is 2. The van der Waals surface area contributed by atoms with Gasteiger partial charge in [0.2, 0.25) is 0 Å². The van der Waals surface area contributed by atoms with E-state index < -0.39 is 97.5 Å². The summed E-state index contributed by atoms with van der Waals surface area (Å²) in [6, 6.07) is 0. The van der Waals surface area contributed by atoms with Gasteiger partial charge in [-0.05, 0) is 31.6 Å². The highest BCUT2D eigenvalue weighted by Crippen LogP contribution is 2.45. The van der Waals surface area contributed by atoms with Crippen LogP contribution in [0.15, 0.2) is 0 Å². The number of aliphatic hydroxyl groups excluding tert-OH is 1. The van der Waals surface area contributed by atoms with E-state index in [4.69, 9.17) is 37.0 Å². The number of carbonyl (C=O) groups is 4. The van der Waals surface area contributed by atoms with Crippen LogP contribution in [-0.2, 0) is 65.4 Å². The molecule has 0 heterocycles. The summed E-state index contributed by atoms with van der Waals surface area (Å²) in [6.07, 6.45) is 70.8. The predicted octanol–water partition coefficient (Wildman–Crippen LogP) is 26.0. The second-order valence-electron chi connectivity index (χ2n) is 31.1. The molecule has 0 fully saturated rings. The molecule has 0 spiro atoms. The van der Waals surface area contributed by atoms with Gasteiger partial charge in [-0.25, -0.2) is 9.13 Å². The first kappa shape index (κ1) is 102. The molecule has 618 valence electrons. The van der Waals surface area contributed by atoms with Gasteiger partial charge in [0, 0.05) is 25.7 Å². The van der Waals surface area contributed by atoms with Crippen LogP contribution in [0.5, 0.6) is 0 Å². The Labute approximate surface area is 638 Å². The Morgan fingerprint density at radius 3 is 0.654 bits per heavy atom. The molecule has 104 heavy (non-hydrogen) atoms. The number of rotatable bonds is 85. The number of hydrogen-bond acceptors (Lipinski definition) is 15. The minimum atomic E-state index is -4.96. The second-order valence-corrected chi connectivity index (χ2v) is 34.0. The Morgan fingerprint density at radius 2 is 0.442 bits per heavy atom. The molecule has 0 aromatic rings. The van der Waals surface area contributed by atoms with E-state index in [1.54, 1.807) is 0 Å². The summed E-state index contributed by atoms with van der Waals surface area (Å²) in [7, 11) is -9.93. The van der Waals surface area contributed by atoms with Gasteiger partial charge < -0.3 is 33.8 Å². The molecule has 0 rings (SSSR count). The maximum atomic E-state index is 13.1. The third kappa shape index (κ3) is 78.2. The van der Waals surface area contributed by atoms with Crippen LogP contribution in [0.3, 0.4) is 0 Å². The molecule has 0 radical (unpaired) electrons. The lowest BCUT2D eigenvalue weighted by Crippen LogP contribution is -2.30. The third-order valence-corrected chi connectivity index (χ3v) is 21.9. The van der Waals surface area contributed by atoms with Gasteiger partial charge in [-0.15, -0.1) is 0 Å². The van der Waals surface area contributed by atoms with Gasteiger partial charge in [0.05, 0.1) is 26.4 Å². The summed E-state index contributed by atoms with van der Waals surface area (Å²) in [5, 5.41) is 10.7. The molecule has 0 bridgehead atoms. The predicted molar refractivity (Wildman–Crippen MR) is 428 cm³/mol. The van der Waals surface area contributed by atoms with Crippen molar-refractivity contribution in [2.24, 2.45) is 5.92 Å². The molecule has 0 aromatic carbocycles. The average molecular weight is 1520 g/mol. The molecule has 3 N–H and O–H groups in total. The Hall–Kier alpha value is -1.94. The molecular formula is C85H166O17P2. The zero-order valence-corrected chi connectivity index (χ0v) is 70.0. The Kier molecular flexibility index (Phi) is 76.3. The van der Waals surface area contributed by atoms with Gasteiger partial charge >= 0.3 is 39.5 Å². The molecule has 0 saturated carbocycles. The molecule has 5 atom stereocenters. The summed E-state index contributed by atoms with van der Waals surface area (Å²) in [5.41, 5.74) is 0. The van der Waals surface area contributed by atoms with E-state index in [9.17, 15) is 43.2 Å². The smallest absolute Gasteiger partial charge is 0.462 e. The zero-order valence-electron chi connectivity index (χ0n) is 68.2. The molecule has 0 aromatic heterocycles. The first-order chi connectivity index (χ1) is 50.5. The number of carbonyl (C=O) groups excluding carboxylic acids is 4. The SMILES string of the molecule is CCCCCCCCCCCCCCCCCCCCCCC(=O)O[C@H](COC(=O)CCCCCCCCCCCCCCCCCCC)COP(=O)(O)OC[C@@H](O)COP(=O)(O)OC[C@@H](COC(=O)CCCCCCCCCCC(C)C)OC(=O)CCCCCCCCCCCCCCCCCC. The first-order valence-electron chi connectivity index (χ1n) is 44.1. The van der Waals surface area contributed by atoms with Gasteiger partial charge in [0.1, 0.15) is 19.3 Å². The lowest BCUT2D eigenvalue weighted by Gasteiger charge is -2.21. The van der Waals surface area contributed by atoms with E-state index in [2.05, 4.69) is 34.6 Å². The van der Waals surface area contributed by atoms with Crippen molar-refractivity contribution in [3.05, 3.63) is 0 Å². The number of hydrogen-bond donors (Lipinski definition) is 3. The van der Waals surface area contributed by atoms with Crippen molar-refractivity contribution >= 4 is 39.5 Å². The quantitative estimate of drug-likeness (QED) is 0.0222. The molecule has 0 saturated heterocycles. The van der Waals surface area contributed by atoms with Gasteiger partial charge in [-0.3, -0.25) is 37.3 Å². The maximum Gasteiger partial charge on any atom is 0.472 e. The van der Waals surface area contributed by atoms with Crippen LogP contribution >= 0.6 is 15.6 Å². The Morgan fingerprint density at radius 1 is 0.260 bits per heavy atom. The molecule has 2 unspecified atom stereocenters. The maximum absolute atomic E-state index is 13.1. The largest absolute Gasteiger partial charge is 0.472 e. The number of ether oxygens (including phenoxy) is 4. The number of phosphoric acid groups is 2. The molecule has 19 heteroatoms. The molecule has 0 aliphatic heterocycles. The van der Waals surface area contributed by atoms with Gasteiger partial charge in [0.15, 0.2) is 12.2 Å². The van der Waals surface area contributed by atoms with Crippen molar-refractivity contribution in [1.29, 1.82) is 0 Å². The molecule has 0 amide bonds. The van der Waals surface area contributed by atoms with Crippen LogP contribution in [0.25, 0.3) is 0 Å². The van der Waals surface area contributed by atoms with Crippen LogP contribution < -0.4 is 0 Å². The standard InChI is InChI=1S/C85H166O17P2/c1-6-9-12-15-18-21-24-27-30-33-34-35-37-40-43-46-49-56-61-66-71-84(89)101-80(74-95-82(87)68-63-58-53-47-44-41-39-36-31-28-25-22-19-16-13-10-7-2)76-99-103(91,92)97-72-79(86)73-98-104(93,94)100-77-81(75-96-83(88)69-64-59-54-51-50-52-57-62-67-78(4)5)102-85(90)70-65-60-55-48-45-42-38-32-29-26-23-20-17-14-11-8-3/h78-81,86H,6-77H2,1-5H3,(H,91,92)(H,93,94)/t79-,80-,81-/m1/s1. The summed E-state index contributed by atoms with van der Waals surface area (Å²) in [5.74, 6) is -1.37. The average Bonchev–Trinajstić information content (AvgIpc) is 0.910. The highest BCUT2D eigenvalue weighted by atomic mass is 31.2. The monoisotopic (exact) mass is 1520 g/mol. The van der Waals surface area contributed by atoms with Crippen LogP contribution in [0.1, 0.15) is 458 Å². The minimum absolute atomic E-state index is 0.108. The van der Waals surface area contributed by atoms with Gasteiger partial charge in [-0.2, -0.15) is 0 Å². The third-order valence-electron chi connectivity index (χ3n) is 20.0. The second kappa shape index (κ2) is 77.8. The fraction of sp³-hybridized carbons (Fsp3) is 0.953. The summed E-state index contributed by atoms with van der Waals surface area (Å²) < 4.78 is 68.9. The van der Waals surface area contributed by atoms with Crippen LogP contribution in [0, 0.1) is 5.92 Å². The Balaban J connectivity index is 5.24. The van der Waals surface area contributed by atoms with Crippen LogP contribution in [0.4, 0.5) is 0 Å². The summed E-state index contributed by atoms with van der Waals surface area (Å²) >= 11 is 0. The molecule has 0 aliphatic carbocycles. The van der Waals surface area contributed by atoms with E-state index in [1.807, 2.05) is 0 Å². The summed E-state index contributed by atoms with van der Waals surface area (Å²) in [4.78, 5) is 73.2. The van der Waals surface area contributed by atoms with E-state index in [0.29, 0.717) is 25.7 Å². The van der Waals surface area contributed by atoms with E-state index in [0.717, 1.165) is 95.8 Å². The van der Waals surface area contributed by atoms with E-state index in [-0.39, 0.29) is 25.7 Å². The van der Waals surface area contributed by atoms with Gasteiger partial charge in [0.25, 0.3) is 0 Å². The highest BCUT2D eigenvalue weighted by molar-refractivity contribution is 7.47. The van der Waals surface area contributed by atoms with Crippen molar-refractivity contribution in [1.82, 2.24) is 0 Å². The van der Waals surface area contributed by atoms with Crippen molar-refractivity contribution < 1.29 is 80.2 Å². The normalized spacial score (nSPS) is 13.8. The van der Waals surface area contributed by atoms with E-state index in [1.165, 1.54) is 283 Å². The summed E-state index contributed by atoms with van der Waals surface area (Å²) in [6.45, 7) is 7.33. The Bertz CT molecular complexity index is 1980. The molecule has 0 aliphatic rings. The van der Waals surface area contributed by atoms with Crippen molar-refractivity contribution in [3.8, 4) is 0 Å². The van der Waals surface area contributed by atoms with Crippen molar-refractivity contribution in [2.45, 2.75) is 477 Å². The first-order valence-corrected chi connectivity index (χ1v) is 47.1. The number of aliphatic hydroxyl groups is 1. The zero-order chi connectivity index (χ0) is 76.2. The molecular weight excluding hydrogens is 1350 g/mol. The lowest BCUT2D eigenvalue weighted by molar-refractivity contribution is -0.161.